The van der Waals surface area contributed by atoms with Gasteiger partial charge < -0.3 is 5.32 Å². The minimum Gasteiger partial charge on any atom is -0.353 e. The summed E-state index contributed by atoms with van der Waals surface area (Å²) in [7, 11) is 0. The fourth-order valence-corrected chi connectivity index (χ4v) is 0.835. The van der Waals surface area contributed by atoms with Crippen molar-refractivity contribution < 1.29 is 4.79 Å². The predicted molar refractivity (Wildman–Crippen MR) is 56.7 cm³/mol. The van der Waals surface area contributed by atoms with Crippen LogP contribution in [0.1, 0.15) is 27.2 Å². The number of carbonyl (C=O) groups is 1. The van der Waals surface area contributed by atoms with Crippen molar-refractivity contribution in [3.05, 3.63) is 22.8 Å². The third kappa shape index (κ3) is 7.60. The van der Waals surface area contributed by atoms with E-state index in [0.717, 1.165) is 17.0 Å². The molecular weight excluding hydrogens is 186 g/mol. The van der Waals surface area contributed by atoms with Gasteiger partial charge in [-0.25, -0.2) is 0 Å². The summed E-state index contributed by atoms with van der Waals surface area (Å²) in [6, 6.07) is 0. The number of hydrogen-bond donors (Lipinski definition) is 1. The summed E-state index contributed by atoms with van der Waals surface area (Å²) in [6.45, 7) is 5.98. The maximum atomic E-state index is 10.6. The summed E-state index contributed by atoms with van der Waals surface area (Å²) in [5, 5.41) is 3.48. The number of halogens is 1. The van der Waals surface area contributed by atoms with Crippen LogP contribution >= 0.6 is 11.6 Å². The molecule has 0 aliphatic rings. The Morgan fingerprint density at radius 3 is 2.38 bits per heavy atom. The topological polar surface area (TPSA) is 29.1 Å². The van der Waals surface area contributed by atoms with Crippen LogP contribution in [0.25, 0.3) is 0 Å². The average molecular weight is 202 g/mol. The summed E-state index contributed by atoms with van der Waals surface area (Å²) < 4.78 is 0. The highest BCUT2D eigenvalue weighted by atomic mass is 35.5. The fourth-order valence-electron chi connectivity index (χ4n) is 0.772. The minimum atomic E-state index is -0.00840. The second-order valence-electron chi connectivity index (χ2n) is 2.84. The molecule has 0 saturated heterocycles. The zero-order chi connectivity index (χ0) is 10.3. The second-order valence-corrected chi connectivity index (χ2v) is 3.44. The third-order valence-corrected chi connectivity index (χ3v) is 1.69. The molecule has 0 aliphatic heterocycles. The molecule has 0 unspecified atom stereocenters. The maximum absolute atomic E-state index is 10.6. The molecule has 0 aromatic heterocycles. The molecule has 1 amide bonds. The molecule has 2 nitrogen and oxygen atoms in total. The number of carbonyl (C=O) groups excluding carboxylic acids is 1. The Bertz CT molecular complexity index is 227. The Labute approximate surface area is 84.7 Å². The number of nitrogens with one attached hydrogen (secondary N) is 1. The molecule has 0 aromatic carbocycles. The van der Waals surface area contributed by atoms with E-state index in [4.69, 9.17) is 11.6 Å². The van der Waals surface area contributed by atoms with Gasteiger partial charge in [0.2, 0.25) is 5.91 Å². The number of hydrogen-bond acceptors (Lipinski definition) is 1. The van der Waals surface area contributed by atoms with Gasteiger partial charge in [-0.1, -0.05) is 30.2 Å². The van der Waals surface area contributed by atoms with Crippen molar-refractivity contribution in [3.63, 3.8) is 0 Å². The molecule has 3 heteroatoms. The van der Waals surface area contributed by atoms with Crippen molar-refractivity contribution in [1.29, 1.82) is 0 Å². The van der Waals surface area contributed by atoms with E-state index < -0.39 is 0 Å². The Hall–Kier alpha value is -0.760. The van der Waals surface area contributed by atoms with Crippen molar-refractivity contribution in [3.8, 4) is 0 Å². The zero-order valence-electron chi connectivity index (χ0n) is 8.36. The molecule has 0 radical (unpaired) electrons. The van der Waals surface area contributed by atoms with Gasteiger partial charge in [0.1, 0.15) is 0 Å². The zero-order valence-corrected chi connectivity index (χ0v) is 9.11. The van der Waals surface area contributed by atoms with Crippen LogP contribution in [0.5, 0.6) is 0 Å². The van der Waals surface area contributed by atoms with Crippen molar-refractivity contribution >= 4 is 17.5 Å². The maximum Gasteiger partial charge on any atom is 0.217 e. The van der Waals surface area contributed by atoms with Gasteiger partial charge in [0.15, 0.2) is 0 Å². The molecule has 0 aromatic rings. The quantitative estimate of drug-likeness (QED) is 0.697. The van der Waals surface area contributed by atoms with Gasteiger partial charge in [-0.05, 0) is 19.4 Å². The van der Waals surface area contributed by atoms with Crippen LogP contribution in [0.2, 0.25) is 0 Å². The normalized spacial score (nSPS) is 12.9. The van der Waals surface area contributed by atoms with Crippen molar-refractivity contribution in [2.75, 3.05) is 6.54 Å². The van der Waals surface area contributed by atoms with Crippen LogP contribution in [0, 0.1) is 0 Å². The van der Waals surface area contributed by atoms with E-state index in [9.17, 15) is 4.79 Å². The minimum absolute atomic E-state index is 0.00840. The van der Waals surface area contributed by atoms with Gasteiger partial charge in [-0.2, -0.15) is 0 Å². The van der Waals surface area contributed by atoms with Gasteiger partial charge in [0.25, 0.3) is 0 Å². The van der Waals surface area contributed by atoms with Crippen molar-refractivity contribution in [2.24, 2.45) is 0 Å². The Morgan fingerprint density at radius 1 is 1.38 bits per heavy atom. The van der Waals surface area contributed by atoms with Crippen LogP contribution < -0.4 is 5.32 Å². The smallest absolute Gasteiger partial charge is 0.217 e. The highest BCUT2D eigenvalue weighted by Crippen LogP contribution is 2.03. The standard InChI is InChI=1S/C10H16ClNO/c1-4-10(6-5-8(2)11)7-12-9(3)13/h5-6H,4,7H2,1-3H3,(H,12,13)/b8-5+,10-6+. The molecular formula is C10H16ClNO. The molecule has 0 rings (SSSR count). The van der Waals surface area contributed by atoms with Crippen LogP contribution in [0.4, 0.5) is 0 Å². The third-order valence-electron chi connectivity index (χ3n) is 1.57. The first-order valence-electron chi connectivity index (χ1n) is 4.32. The number of rotatable bonds is 4. The fraction of sp³-hybridized carbons (Fsp3) is 0.500. The largest absolute Gasteiger partial charge is 0.353 e. The van der Waals surface area contributed by atoms with Crippen LogP contribution in [-0.2, 0) is 4.79 Å². The summed E-state index contributed by atoms with van der Waals surface area (Å²) in [5.41, 5.74) is 1.16. The van der Waals surface area contributed by atoms with E-state index in [2.05, 4.69) is 5.32 Å². The second kappa shape index (κ2) is 6.72. The molecule has 0 spiro atoms. The van der Waals surface area contributed by atoms with Gasteiger partial charge >= 0.3 is 0 Å². The van der Waals surface area contributed by atoms with E-state index in [1.54, 1.807) is 0 Å². The summed E-state index contributed by atoms with van der Waals surface area (Å²) in [4.78, 5) is 10.6. The lowest BCUT2D eigenvalue weighted by molar-refractivity contribution is -0.118. The summed E-state index contributed by atoms with van der Waals surface area (Å²) in [6.07, 6.45) is 4.70. The van der Waals surface area contributed by atoms with E-state index in [1.165, 1.54) is 6.92 Å². The SMILES string of the molecule is CC/C(=C\C=C(/C)Cl)CNC(C)=O. The Kier molecular flexibility index (Phi) is 6.33. The molecule has 0 aliphatic carbocycles. The predicted octanol–water partition coefficient (Wildman–Crippen LogP) is 2.60. The molecule has 0 heterocycles. The van der Waals surface area contributed by atoms with E-state index in [0.29, 0.717) is 6.54 Å². The van der Waals surface area contributed by atoms with Crippen LogP contribution in [-0.4, -0.2) is 12.5 Å². The first-order valence-corrected chi connectivity index (χ1v) is 4.70. The molecule has 74 valence electrons. The van der Waals surface area contributed by atoms with E-state index in [1.807, 2.05) is 26.0 Å². The Morgan fingerprint density at radius 2 is 2.00 bits per heavy atom. The summed E-state index contributed by atoms with van der Waals surface area (Å²) >= 11 is 5.67. The van der Waals surface area contributed by atoms with Crippen LogP contribution in [0.3, 0.4) is 0 Å². The number of allylic oxidation sites excluding steroid dienone is 3. The number of amides is 1. The molecule has 1 N–H and O–H groups in total. The highest BCUT2D eigenvalue weighted by molar-refractivity contribution is 6.29. The average Bonchev–Trinajstić information content (AvgIpc) is 2.04. The van der Waals surface area contributed by atoms with Crippen molar-refractivity contribution in [1.82, 2.24) is 5.32 Å². The van der Waals surface area contributed by atoms with Crippen LogP contribution in [0.15, 0.2) is 22.8 Å². The first-order chi connectivity index (χ1) is 6.06. The monoisotopic (exact) mass is 201 g/mol. The molecule has 0 atom stereocenters. The Balaban J connectivity index is 4.10. The van der Waals surface area contributed by atoms with Gasteiger partial charge in [-0.3, -0.25) is 4.79 Å². The van der Waals surface area contributed by atoms with Gasteiger partial charge in [0.05, 0.1) is 0 Å². The van der Waals surface area contributed by atoms with E-state index in [-0.39, 0.29) is 5.91 Å². The molecule has 0 fully saturated rings. The van der Waals surface area contributed by atoms with Gasteiger partial charge in [0, 0.05) is 18.5 Å². The lowest BCUT2D eigenvalue weighted by atomic mass is 10.2. The molecule has 13 heavy (non-hydrogen) atoms. The summed E-state index contributed by atoms with van der Waals surface area (Å²) in [5.74, 6) is -0.00840. The van der Waals surface area contributed by atoms with Crippen molar-refractivity contribution in [2.45, 2.75) is 27.2 Å². The highest BCUT2D eigenvalue weighted by Gasteiger charge is 1.94. The van der Waals surface area contributed by atoms with E-state index >= 15 is 0 Å². The first kappa shape index (κ1) is 12.2. The lowest BCUT2D eigenvalue weighted by Gasteiger charge is -2.03. The van der Waals surface area contributed by atoms with Gasteiger partial charge in [-0.15, -0.1) is 0 Å². The molecule has 0 bridgehead atoms. The molecule has 0 saturated carbocycles. The lowest BCUT2D eigenvalue weighted by Crippen LogP contribution is -2.22.